The summed E-state index contributed by atoms with van der Waals surface area (Å²) in [7, 11) is 4.04. The van der Waals surface area contributed by atoms with Gasteiger partial charge in [-0.15, -0.1) is 11.6 Å². The molecule has 0 aromatic heterocycles. The summed E-state index contributed by atoms with van der Waals surface area (Å²) in [6, 6.07) is 0.694. The molecule has 1 aliphatic carbocycles. The van der Waals surface area contributed by atoms with Crippen LogP contribution in [0, 0.1) is 0 Å². The van der Waals surface area contributed by atoms with Crippen LogP contribution in [0.2, 0.25) is 0 Å². The first-order valence-corrected chi connectivity index (χ1v) is 6.44. The molecule has 0 aliphatic heterocycles. The van der Waals surface area contributed by atoms with Crippen LogP contribution in [0.25, 0.3) is 0 Å². The number of hydrogen-bond acceptors (Lipinski definition) is 2. The zero-order chi connectivity index (χ0) is 11.3. The summed E-state index contributed by atoms with van der Waals surface area (Å²) in [5.41, 5.74) is 0. The highest BCUT2D eigenvalue weighted by Crippen LogP contribution is 2.24. The fourth-order valence-electron chi connectivity index (χ4n) is 2.30. The van der Waals surface area contributed by atoms with Gasteiger partial charge in [0.2, 0.25) is 0 Å². The Bertz CT molecular complexity index is 175. The van der Waals surface area contributed by atoms with E-state index in [0.29, 0.717) is 12.1 Å². The topological polar surface area (TPSA) is 12.5 Å². The average Bonchev–Trinajstić information content (AvgIpc) is 2.26. The van der Waals surface area contributed by atoms with E-state index in [1.54, 1.807) is 0 Å². The van der Waals surface area contributed by atoms with E-state index in [2.05, 4.69) is 18.9 Å². The fourth-order valence-corrected chi connectivity index (χ4v) is 2.40. The fraction of sp³-hybridized carbons (Fsp3) is 1.00. The summed E-state index contributed by atoms with van der Waals surface area (Å²) in [5.74, 6) is 0. The molecule has 3 atom stereocenters. The molecule has 0 amide bonds. The van der Waals surface area contributed by atoms with Crippen LogP contribution < -0.4 is 0 Å². The highest BCUT2D eigenvalue weighted by molar-refractivity contribution is 6.20. The summed E-state index contributed by atoms with van der Waals surface area (Å²) in [6.07, 6.45) is 6.57. The van der Waals surface area contributed by atoms with E-state index >= 15 is 0 Å². The van der Waals surface area contributed by atoms with E-state index in [-0.39, 0.29) is 5.38 Å². The maximum absolute atomic E-state index is 5.97. The number of alkyl halides is 1. The smallest absolute Gasteiger partial charge is 0.0586 e. The monoisotopic (exact) mass is 233 g/mol. The van der Waals surface area contributed by atoms with Crippen LogP contribution in [0.4, 0.5) is 0 Å². The molecule has 0 bridgehead atoms. The van der Waals surface area contributed by atoms with Crippen molar-refractivity contribution in [2.24, 2.45) is 0 Å². The van der Waals surface area contributed by atoms with Gasteiger partial charge in [-0.2, -0.15) is 0 Å². The second-order valence-corrected chi connectivity index (χ2v) is 5.47. The molecular weight excluding hydrogens is 210 g/mol. The summed E-state index contributed by atoms with van der Waals surface area (Å²) in [5, 5.41) is 0.286. The molecule has 15 heavy (non-hydrogen) atoms. The van der Waals surface area contributed by atoms with Gasteiger partial charge in [0, 0.05) is 18.5 Å². The lowest BCUT2D eigenvalue weighted by Gasteiger charge is -2.35. The van der Waals surface area contributed by atoms with Gasteiger partial charge in [0.25, 0.3) is 0 Å². The van der Waals surface area contributed by atoms with Gasteiger partial charge in [0.05, 0.1) is 6.10 Å². The van der Waals surface area contributed by atoms with Crippen LogP contribution in [-0.4, -0.2) is 43.1 Å². The van der Waals surface area contributed by atoms with Crippen LogP contribution in [0.5, 0.6) is 0 Å². The van der Waals surface area contributed by atoms with Crippen molar-refractivity contribution in [3.8, 4) is 0 Å². The highest BCUT2D eigenvalue weighted by atomic mass is 35.5. The van der Waals surface area contributed by atoms with Crippen LogP contribution in [0.15, 0.2) is 0 Å². The predicted octanol–water partition coefficient (Wildman–Crippen LogP) is 2.89. The summed E-state index contributed by atoms with van der Waals surface area (Å²) in [4.78, 5) is 2.45. The molecule has 1 aliphatic rings. The van der Waals surface area contributed by atoms with Crippen molar-refractivity contribution in [1.82, 2.24) is 4.90 Å². The van der Waals surface area contributed by atoms with Crippen molar-refractivity contribution >= 4 is 11.6 Å². The maximum Gasteiger partial charge on any atom is 0.0586 e. The van der Waals surface area contributed by atoms with Crippen molar-refractivity contribution in [2.75, 3.05) is 20.7 Å². The van der Waals surface area contributed by atoms with E-state index < -0.39 is 0 Å². The van der Waals surface area contributed by atoms with Gasteiger partial charge in [-0.3, -0.25) is 0 Å². The van der Waals surface area contributed by atoms with Gasteiger partial charge in [-0.05, 0) is 52.6 Å². The molecule has 2 nitrogen and oxygen atoms in total. The zero-order valence-corrected chi connectivity index (χ0v) is 11.0. The molecule has 1 saturated carbocycles. The Hall–Kier alpha value is 0.210. The van der Waals surface area contributed by atoms with E-state index in [9.17, 15) is 0 Å². The van der Waals surface area contributed by atoms with E-state index in [1.807, 2.05) is 7.11 Å². The Morgan fingerprint density at radius 2 is 2.20 bits per heavy atom. The highest BCUT2D eigenvalue weighted by Gasteiger charge is 2.24. The molecule has 3 heteroatoms. The molecule has 90 valence electrons. The quantitative estimate of drug-likeness (QED) is 0.678. The van der Waals surface area contributed by atoms with Crippen molar-refractivity contribution in [3.63, 3.8) is 0 Å². The van der Waals surface area contributed by atoms with Gasteiger partial charge in [-0.1, -0.05) is 0 Å². The second-order valence-electron chi connectivity index (χ2n) is 4.73. The molecule has 0 N–H and O–H groups in total. The lowest BCUT2D eigenvalue weighted by Crippen LogP contribution is -2.39. The largest absolute Gasteiger partial charge is 0.381 e. The number of rotatable bonds is 5. The molecule has 0 heterocycles. The third kappa shape index (κ3) is 4.71. The Kier molecular flexibility index (Phi) is 5.95. The number of ether oxygens (including phenoxy) is 1. The molecule has 1 fully saturated rings. The Morgan fingerprint density at radius 3 is 2.80 bits per heavy atom. The Morgan fingerprint density at radius 1 is 1.47 bits per heavy atom. The minimum atomic E-state index is 0.286. The minimum Gasteiger partial charge on any atom is -0.381 e. The third-order valence-electron chi connectivity index (χ3n) is 3.43. The zero-order valence-electron chi connectivity index (χ0n) is 10.2. The summed E-state index contributed by atoms with van der Waals surface area (Å²) >= 11 is 5.97. The SMILES string of the molecule is COC1CCCC(N(C)CCC(C)Cl)C1. The summed E-state index contributed by atoms with van der Waals surface area (Å²) < 4.78 is 5.44. The van der Waals surface area contributed by atoms with Crippen LogP contribution in [0.3, 0.4) is 0 Å². The summed E-state index contributed by atoms with van der Waals surface area (Å²) in [6.45, 7) is 3.17. The molecule has 1 rings (SSSR count). The normalized spacial score (nSPS) is 29.4. The predicted molar refractivity (Wildman–Crippen MR) is 65.6 cm³/mol. The van der Waals surface area contributed by atoms with Gasteiger partial charge in [0.15, 0.2) is 0 Å². The maximum atomic E-state index is 5.97. The van der Waals surface area contributed by atoms with E-state index in [4.69, 9.17) is 16.3 Å². The van der Waals surface area contributed by atoms with Crippen LogP contribution >= 0.6 is 11.6 Å². The molecule has 0 saturated heterocycles. The number of halogens is 1. The first kappa shape index (κ1) is 13.3. The molecule has 0 radical (unpaired) electrons. The molecule has 0 aromatic carbocycles. The van der Waals surface area contributed by atoms with Crippen LogP contribution in [0.1, 0.15) is 39.0 Å². The van der Waals surface area contributed by atoms with Crippen molar-refractivity contribution < 1.29 is 4.74 Å². The lowest BCUT2D eigenvalue weighted by atomic mass is 9.92. The van der Waals surface area contributed by atoms with Gasteiger partial charge >= 0.3 is 0 Å². The second kappa shape index (κ2) is 6.72. The standard InChI is InChI=1S/C12H24ClNO/c1-10(13)7-8-14(2)11-5-4-6-12(9-11)15-3/h10-12H,4-9H2,1-3H3. The van der Waals surface area contributed by atoms with Crippen molar-refractivity contribution in [2.45, 2.75) is 56.6 Å². The number of methoxy groups -OCH3 is 1. The Labute approximate surface area is 98.9 Å². The van der Waals surface area contributed by atoms with Crippen LogP contribution in [-0.2, 0) is 4.74 Å². The first-order chi connectivity index (χ1) is 7.13. The van der Waals surface area contributed by atoms with Gasteiger partial charge in [0.1, 0.15) is 0 Å². The van der Waals surface area contributed by atoms with Gasteiger partial charge < -0.3 is 9.64 Å². The van der Waals surface area contributed by atoms with E-state index in [0.717, 1.165) is 13.0 Å². The molecular formula is C12H24ClNO. The van der Waals surface area contributed by atoms with E-state index in [1.165, 1.54) is 25.7 Å². The Balaban J connectivity index is 2.28. The molecule has 0 aromatic rings. The van der Waals surface area contributed by atoms with Crippen molar-refractivity contribution in [1.29, 1.82) is 0 Å². The van der Waals surface area contributed by atoms with Crippen molar-refractivity contribution in [3.05, 3.63) is 0 Å². The molecule has 3 unspecified atom stereocenters. The first-order valence-electron chi connectivity index (χ1n) is 6.00. The minimum absolute atomic E-state index is 0.286. The third-order valence-corrected chi connectivity index (χ3v) is 3.65. The molecule has 0 spiro atoms. The van der Waals surface area contributed by atoms with Gasteiger partial charge in [-0.25, -0.2) is 0 Å². The average molecular weight is 234 g/mol. The number of hydrogen-bond donors (Lipinski definition) is 0. The lowest BCUT2D eigenvalue weighted by molar-refractivity contribution is 0.0344. The number of nitrogens with zero attached hydrogens (tertiary/aromatic N) is 1.